The zero-order chi connectivity index (χ0) is 19.5. The van der Waals surface area contributed by atoms with Crippen LogP contribution in [0, 0.1) is 0 Å². The molecule has 3 aromatic rings. The Kier molecular flexibility index (Phi) is 4.95. The van der Waals surface area contributed by atoms with Crippen molar-refractivity contribution >= 4 is 35.2 Å². The van der Waals surface area contributed by atoms with Crippen LogP contribution in [0.2, 0.25) is 0 Å². The number of rotatable bonds is 3. The largest absolute Gasteiger partial charge is 0.468 e. The summed E-state index contributed by atoms with van der Waals surface area (Å²) < 4.78 is 8.35. The lowest BCUT2D eigenvalue weighted by molar-refractivity contribution is 0.0979. The SMILES string of the molecule is COC(=Nc1cccc2c1C(=O)c1ccccc1C2=O)NSc1ccccc1. The quantitative estimate of drug-likeness (QED) is 0.320. The molecule has 4 rings (SSSR count). The number of nitrogens with zero attached hydrogens (tertiary/aromatic N) is 1. The summed E-state index contributed by atoms with van der Waals surface area (Å²) in [4.78, 5) is 31.3. The zero-order valence-corrected chi connectivity index (χ0v) is 15.8. The van der Waals surface area contributed by atoms with Crippen molar-refractivity contribution in [3.63, 3.8) is 0 Å². The highest BCUT2D eigenvalue weighted by molar-refractivity contribution is 7.98. The zero-order valence-electron chi connectivity index (χ0n) is 15.0. The molecule has 0 atom stereocenters. The number of ether oxygens (including phenoxy) is 1. The molecule has 0 saturated carbocycles. The van der Waals surface area contributed by atoms with E-state index in [1.807, 2.05) is 30.3 Å². The number of aliphatic imine (C=N–C) groups is 1. The molecule has 5 nitrogen and oxygen atoms in total. The summed E-state index contributed by atoms with van der Waals surface area (Å²) in [6, 6.07) is 21.9. The van der Waals surface area contributed by atoms with E-state index in [-0.39, 0.29) is 17.6 Å². The number of nitrogens with one attached hydrogen (secondary N) is 1. The first kappa shape index (κ1) is 18.0. The van der Waals surface area contributed by atoms with Crippen molar-refractivity contribution < 1.29 is 14.3 Å². The molecule has 0 radical (unpaired) electrons. The molecule has 0 spiro atoms. The lowest BCUT2D eigenvalue weighted by atomic mass is 9.83. The fourth-order valence-electron chi connectivity index (χ4n) is 3.03. The topological polar surface area (TPSA) is 67.8 Å². The molecule has 1 N–H and O–H groups in total. The van der Waals surface area contributed by atoms with E-state index in [1.165, 1.54) is 19.1 Å². The molecular weight excluding hydrogens is 372 g/mol. The van der Waals surface area contributed by atoms with Crippen molar-refractivity contribution in [2.75, 3.05) is 7.11 Å². The summed E-state index contributed by atoms with van der Waals surface area (Å²) in [5, 5.41) is 0. The molecule has 3 aromatic carbocycles. The third-order valence-electron chi connectivity index (χ3n) is 4.35. The molecule has 0 heterocycles. The Balaban J connectivity index is 1.70. The highest BCUT2D eigenvalue weighted by atomic mass is 32.2. The van der Waals surface area contributed by atoms with Crippen molar-refractivity contribution in [2.45, 2.75) is 4.90 Å². The molecule has 0 aliphatic heterocycles. The summed E-state index contributed by atoms with van der Waals surface area (Å²) in [6.45, 7) is 0. The molecule has 28 heavy (non-hydrogen) atoms. The Hall–Kier alpha value is -3.38. The van der Waals surface area contributed by atoms with E-state index in [4.69, 9.17) is 4.74 Å². The van der Waals surface area contributed by atoms with Crippen LogP contribution in [-0.4, -0.2) is 24.7 Å². The maximum atomic E-state index is 13.0. The van der Waals surface area contributed by atoms with Gasteiger partial charge in [0.05, 0.1) is 18.4 Å². The number of ketones is 2. The van der Waals surface area contributed by atoms with E-state index in [1.54, 1.807) is 42.5 Å². The highest BCUT2D eigenvalue weighted by Crippen LogP contribution is 2.33. The number of amidine groups is 1. The third-order valence-corrected chi connectivity index (χ3v) is 5.13. The van der Waals surface area contributed by atoms with Crippen LogP contribution in [-0.2, 0) is 4.74 Å². The van der Waals surface area contributed by atoms with E-state index in [2.05, 4.69) is 9.71 Å². The van der Waals surface area contributed by atoms with Crippen LogP contribution in [0.15, 0.2) is 82.7 Å². The van der Waals surface area contributed by atoms with Crippen molar-refractivity contribution in [1.29, 1.82) is 0 Å². The summed E-state index contributed by atoms with van der Waals surface area (Å²) >= 11 is 1.34. The van der Waals surface area contributed by atoms with E-state index in [9.17, 15) is 9.59 Å². The van der Waals surface area contributed by atoms with E-state index < -0.39 is 0 Å². The second-order valence-corrected chi connectivity index (χ2v) is 6.92. The normalized spacial score (nSPS) is 13.0. The van der Waals surface area contributed by atoms with Crippen molar-refractivity contribution in [2.24, 2.45) is 4.99 Å². The van der Waals surface area contributed by atoms with Crippen molar-refractivity contribution in [3.8, 4) is 0 Å². The Morgan fingerprint density at radius 2 is 1.46 bits per heavy atom. The van der Waals surface area contributed by atoms with Gasteiger partial charge in [0.25, 0.3) is 6.02 Å². The maximum Gasteiger partial charge on any atom is 0.300 e. The van der Waals surface area contributed by atoms with Gasteiger partial charge in [0.15, 0.2) is 11.6 Å². The van der Waals surface area contributed by atoms with Crippen LogP contribution < -0.4 is 4.72 Å². The summed E-state index contributed by atoms with van der Waals surface area (Å²) in [5.74, 6) is -0.386. The van der Waals surface area contributed by atoms with Gasteiger partial charge in [-0.15, -0.1) is 0 Å². The average molecular weight is 388 g/mol. The van der Waals surface area contributed by atoms with E-state index >= 15 is 0 Å². The number of hydrogen-bond donors (Lipinski definition) is 1. The number of carbonyl (C=O) groups excluding carboxylic acids is 2. The van der Waals surface area contributed by atoms with Crippen LogP contribution in [0.4, 0.5) is 5.69 Å². The number of benzene rings is 3. The minimum atomic E-state index is -0.212. The van der Waals surface area contributed by atoms with Gasteiger partial charge in [0, 0.05) is 21.6 Å². The van der Waals surface area contributed by atoms with Gasteiger partial charge in [-0.2, -0.15) is 4.99 Å². The van der Waals surface area contributed by atoms with Gasteiger partial charge in [-0.05, 0) is 30.1 Å². The standard InChI is InChI=1S/C22H16N2O3S/c1-27-22(24-28-14-8-3-2-4-9-14)23-18-13-7-12-17-19(18)21(26)16-11-6-5-10-15(16)20(17)25/h2-13H,1H3,(H,23,24). The van der Waals surface area contributed by atoms with Crippen LogP contribution in [0.1, 0.15) is 31.8 Å². The number of methoxy groups -OCH3 is 1. The van der Waals surface area contributed by atoms with Gasteiger partial charge in [-0.1, -0.05) is 54.6 Å². The lowest BCUT2D eigenvalue weighted by Crippen LogP contribution is -2.22. The molecule has 0 aromatic heterocycles. The van der Waals surface area contributed by atoms with Crippen molar-refractivity contribution in [3.05, 3.63) is 95.1 Å². The van der Waals surface area contributed by atoms with E-state index in [0.717, 1.165) is 4.90 Å². The summed E-state index contributed by atoms with van der Waals surface area (Å²) in [6.07, 6.45) is 0. The second-order valence-electron chi connectivity index (χ2n) is 6.04. The van der Waals surface area contributed by atoms with Crippen LogP contribution in [0.25, 0.3) is 0 Å². The Morgan fingerprint density at radius 3 is 2.18 bits per heavy atom. The van der Waals surface area contributed by atoms with Gasteiger partial charge >= 0.3 is 0 Å². The number of fused-ring (bicyclic) bond motifs is 2. The molecule has 0 bridgehead atoms. The van der Waals surface area contributed by atoms with E-state index in [0.29, 0.717) is 27.9 Å². The molecule has 138 valence electrons. The second kappa shape index (κ2) is 7.70. The Labute approximate surface area is 166 Å². The van der Waals surface area contributed by atoms with Gasteiger partial charge in [0.2, 0.25) is 0 Å². The highest BCUT2D eigenvalue weighted by Gasteiger charge is 2.31. The fraction of sp³-hybridized carbons (Fsp3) is 0.0455. The van der Waals surface area contributed by atoms with Gasteiger partial charge in [0.1, 0.15) is 0 Å². The molecule has 1 aliphatic carbocycles. The van der Waals surface area contributed by atoms with Crippen LogP contribution >= 0.6 is 11.9 Å². The fourth-order valence-corrected chi connectivity index (χ4v) is 3.66. The minimum Gasteiger partial charge on any atom is -0.468 e. The number of hydrogen-bond acceptors (Lipinski definition) is 5. The molecule has 6 heteroatoms. The minimum absolute atomic E-state index is 0.173. The van der Waals surface area contributed by atoms with Gasteiger partial charge in [-0.25, -0.2) is 0 Å². The first-order valence-electron chi connectivity index (χ1n) is 8.61. The molecule has 1 aliphatic rings. The molecule has 0 saturated heterocycles. The molecule has 0 unspecified atom stereocenters. The summed E-state index contributed by atoms with van der Waals surface area (Å²) in [7, 11) is 1.50. The molecule has 0 amide bonds. The Morgan fingerprint density at radius 1 is 0.821 bits per heavy atom. The smallest absolute Gasteiger partial charge is 0.300 e. The predicted octanol–water partition coefficient (Wildman–Crippen LogP) is 4.39. The summed E-state index contributed by atoms with van der Waals surface area (Å²) in [5.41, 5.74) is 1.87. The lowest BCUT2D eigenvalue weighted by Gasteiger charge is -2.18. The predicted molar refractivity (Wildman–Crippen MR) is 109 cm³/mol. The maximum absolute atomic E-state index is 13.0. The van der Waals surface area contributed by atoms with Gasteiger partial charge < -0.3 is 4.74 Å². The third kappa shape index (κ3) is 3.30. The van der Waals surface area contributed by atoms with Crippen LogP contribution in [0.5, 0.6) is 0 Å². The van der Waals surface area contributed by atoms with Crippen molar-refractivity contribution in [1.82, 2.24) is 4.72 Å². The monoisotopic (exact) mass is 388 g/mol. The molecular formula is C22H16N2O3S. The first-order valence-corrected chi connectivity index (χ1v) is 9.42. The van der Waals surface area contributed by atoms with Gasteiger partial charge in [-0.3, -0.25) is 14.3 Å². The Bertz CT molecular complexity index is 1090. The molecule has 0 fully saturated rings. The number of carbonyl (C=O) groups is 2. The first-order chi connectivity index (χ1) is 13.7. The van der Waals surface area contributed by atoms with Crippen LogP contribution in [0.3, 0.4) is 0 Å². The average Bonchev–Trinajstić information content (AvgIpc) is 2.75.